The second-order valence-electron chi connectivity index (χ2n) is 13.1. The summed E-state index contributed by atoms with van der Waals surface area (Å²) in [5.74, 6) is -0.721. The van der Waals surface area contributed by atoms with Gasteiger partial charge in [0.25, 0.3) is 34.0 Å². The number of hydrogen-bond acceptors (Lipinski definition) is 16. The van der Waals surface area contributed by atoms with Gasteiger partial charge >= 0.3 is 0 Å². The molecule has 4 amide bonds. The predicted molar refractivity (Wildman–Crippen MR) is 232 cm³/mol. The third-order valence-electron chi connectivity index (χ3n) is 9.51. The number of aromatic nitrogens is 4. The minimum Gasteiger partial charge on any atom is -0.428 e. The number of carbonyl (C=O) groups excluding carboxylic acids is 4. The molecule has 4 aliphatic rings. The maximum atomic E-state index is 14.2. The van der Waals surface area contributed by atoms with Crippen LogP contribution in [0.15, 0.2) is 137 Å². The van der Waals surface area contributed by atoms with Crippen molar-refractivity contribution in [2.75, 3.05) is 24.1 Å². The zero-order valence-electron chi connectivity index (χ0n) is 30.7. The second-order valence-corrected chi connectivity index (χ2v) is 19.7. The maximum Gasteiger partial charge on any atom is 0.286 e. The monoisotopic (exact) mass is 902 g/mol. The van der Waals surface area contributed by atoms with E-state index in [1.165, 1.54) is 104 Å². The molecule has 294 valence electrons. The van der Waals surface area contributed by atoms with E-state index in [0.717, 1.165) is 20.4 Å². The average Bonchev–Trinajstić information content (AvgIpc) is 4.11. The summed E-state index contributed by atoms with van der Waals surface area (Å²) in [6, 6.07) is 25.6. The first-order chi connectivity index (χ1) is 29.2. The summed E-state index contributed by atoms with van der Waals surface area (Å²) in [5, 5.41) is 5.69. The Morgan fingerprint density at radius 1 is 0.483 bits per heavy atom. The van der Waals surface area contributed by atoms with Crippen LogP contribution in [0.3, 0.4) is 0 Å². The summed E-state index contributed by atoms with van der Waals surface area (Å²) in [5.41, 5.74) is 1.43. The fraction of sp³-hybridized carbons (Fsp3) is 0.0500. The lowest BCUT2D eigenvalue weighted by molar-refractivity contribution is -0.124. The van der Waals surface area contributed by atoms with Crippen LogP contribution < -0.4 is 19.5 Å². The van der Waals surface area contributed by atoms with Crippen molar-refractivity contribution in [2.45, 2.75) is 19.6 Å². The first-order valence-corrected chi connectivity index (χ1v) is 22.7. The molecule has 0 N–H and O–H groups in total. The number of thioether (sulfide) groups is 4. The summed E-state index contributed by atoms with van der Waals surface area (Å²) in [6.45, 7) is 0. The van der Waals surface area contributed by atoms with Crippen molar-refractivity contribution < 1.29 is 28.7 Å². The standard InChI is InChI=1S/C40H22N8O6S6/c1-45-33(49)25(35(51)47(45)23-15-7-9-17-41-23)37-57-29-27(53-39-43-19-11-3-5-13-21(19)55-39)31-32(28(30(29)58-37)54-40-44-20-12-4-6-14-22(20)56-40)60-38(59-31)26-34(50)46(2)48(36(26)52)24-16-8-10-18-42-24/h3-18H,1-2H3. The molecular formula is C40H22N8O6S6. The fourth-order valence-corrected chi connectivity index (χ4v) is 13.9. The number of anilines is 2. The molecule has 0 radical (unpaired) electrons. The molecule has 4 aromatic heterocycles. The van der Waals surface area contributed by atoms with E-state index in [2.05, 4.69) is 9.97 Å². The van der Waals surface area contributed by atoms with Gasteiger partial charge in [-0.05, 0) is 48.5 Å². The minimum atomic E-state index is -0.533. The number of para-hydroxylation sites is 2. The molecule has 0 unspecified atom stereocenters. The first kappa shape index (κ1) is 37.1. The molecule has 0 bridgehead atoms. The number of nitrogens with zero attached hydrogens (tertiary/aromatic N) is 8. The summed E-state index contributed by atoms with van der Waals surface area (Å²) >= 11 is 7.54. The molecule has 8 heterocycles. The smallest absolute Gasteiger partial charge is 0.286 e. The van der Waals surface area contributed by atoms with E-state index < -0.39 is 23.6 Å². The molecule has 60 heavy (non-hydrogen) atoms. The Bertz CT molecular complexity index is 2790. The van der Waals surface area contributed by atoms with E-state index in [9.17, 15) is 19.2 Å². The van der Waals surface area contributed by atoms with E-state index in [1.54, 1.807) is 48.8 Å². The molecule has 14 nitrogen and oxygen atoms in total. The molecule has 0 spiro atoms. The van der Waals surface area contributed by atoms with Crippen molar-refractivity contribution in [1.29, 1.82) is 0 Å². The van der Waals surface area contributed by atoms with Crippen LogP contribution >= 0.6 is 69.7 Å². The van der Waals surface area contributed by atoms with Gasteiger partial charge in [-0.3, -0.25) is 19.2 Å². The number of benzene rings is 3. The van der Waals surface area contributed by atoms with E-state index >= 15 is 0 Å². The zero-order chi connectivity index (χ0) is 40.8. The van der Waals surface area contributed by atoms with Gasteiger partial charge in [0.2, 0.25) is 0 Å². The van der Waals surface area contributed by atoms with Crippen molar-refractivity contribution in [2.24, 2.45) is 0 Å². The molecule has 0 aliphatic carbocycles. The lowest BCUT2D eigenvalue weighted by atomic mass is 10.3. The quantitative estimate of drug-likeness (QED) is 0.115. The molecule has 7 aromatic rings. The number of likely N-dealkylation sites (N-methyl/N-ethyl adjacent to an activating group) is 2. The lowest BCUT2D eigenvalue weighted by Crippen LogP contribution is -2.38. The van der Waals surface area contributed by atoms with Gasteiger partial charge in [0, 0.05) is 26.5 Å². The van der Waals surface area contributed by atoms with Gasteiger partial charge in [0.15, 0.2) is 23.1 Å². The summed E-state index contributed by atoms with van der Waals surface area (Å²) in [6.07, 6.45) is 3.11. The van der Waals surface area contributed by atoms with Crippen LogP contribution in [0.1, 0.15) is 0 Å². The van der Waals surface area contributed by atoms with Gasteiger partial charge in [-0.25, -0.2) is 30.0 Å². The predicted octanol–water partition coefficient (Wildman–Crippen LogP) is 8.94. The third kappa shape index (κ3) is 5.88. The van der Waals surface area contributed by atoms with Crippen molar-refractivity contribution in [3.8, 4) is 21.9 Å². The van der Waals surface area contributed by atoms with Crippen molar-refractivity contribution in [1.82, 2.24) is 30.0 Å². The van der Waals surface area contributed by atoms with Crippen molar-refractivity contribution in [3.63, 3.8) is 0 Å². The number of hydrogen-bond donors (Lipinski definition) is 0. The zero-order valence-corrected chi connectivity index (χ0v) is 35.6. The van der Waals surface area contributed by atoms with Crippen LogP contribution in [-0.2, 0) is 19.2 Å². The molecule has 0 atom stereocenters. The number of hydrazine groups is 2. The van der Waals surface area contributed by atoms with Gasteiger partial charge < -0.3 is 9.47 Å². The lowest BCUT2D eigenvalue weighted by Gasteiger charge is -2.21. The van der Waals surface area contributed by atoms with Crippen molar-refractivity contribution in [3.05, 3.63) is 117 Å². The SMILES string of the molecule is CN1C(=O)C(=C2Sc3c(Oc4nc5ccccc5s4)c4c(c(Oc5nc6ccccc6s5)c3S2)SC(=C2C(=O)N(C)N(c3ccccn3)C2=O)S4)C(=O)N1c1ccccn1. The van der Waals surface area contributed by atoms with Crippen LogP contribution in [0.4, 0.5) is 11.6 Å². The molecule has 2 saturated heterocycles. The summed E-state index contributed by atoms with van der Waals surface area (Å²) in [7, 11) is 3.05. The van der Waals surface area contributed by atoms with Crippen LogP contribution in [0.5, 0.6) is 21.9 Å². The van der Waals surface area contributed by atoms with E-state index in [4.69, 9.17) is 19.4 Å². The van der Waals surface area contributed by atoms with Gasteiger partial charge in [0.1, 0.15) is 11.1 Å². The molecule has 0 saturated carbocycles. The highest BCUT2D eigenvalue weighted by molar-refractivity contribution is 8.26. The van der Waals surface area contributed by atoms with Crippen LogP contribution in [0.2, 0.25) is 0 Å². The highest BCUT2D eigenvalue weighted by atomic mass is 32.2. The highest BCUT2D eigenvalue weighted by Gasteiger charge is 2.49. The maximum absolute atomic E-state index is 14.2. The van der Waals surface area contributed by atoms with Gasteiger partial charge in [-0.15, -0.1) is 0 Å². The number of pyridine rings is 2. The average molecular weight is 903 g/mol. The Morgan fingerprint density at radius 2 is 0.867 bits per heavy atom. The number of fused-ring (bicyclic) bond motifs is 4. The molecule has 3 aromatic carbocycles. The molecule has 2 fully saturated rings. The Kier molecular flexibility index (Phi) is 8.90. The third-order valence-corrected chi connectivity index (χ3v) is 16.5. The first-order valence-electron chi connectivity index (χ1n) is 17.8. The molecule has 11 rings (SSSR count). The Labute approximate surface area is 364 Å². The Hall–Kier alpha value is -5.90. The van der Waals surface area contributed by atoms with Crippen LogP contribution in [0.25, 0.3) is 20.4 Å². The van der Waals surface area contributed by atoms with E-state index in [0.29, 0.717) is 61.6 Å². The molecule has 4 aliphatic heterocycles. The normalized spacial score (nSPS) is 16.4. The number of rotatable bonds is 6. The van der Waals surface area contributed by atoms with Gasteiger partial charge in [0.05, 0.1) is 48.5 Å². The van der Waals surface area contributed by atoms with Crippen molar-refractivity contribution >= 4 is 125 Å². The van der Waals surface area contributed by atoms with Crippen LogP contribution in [-0.4, -0.2) is 67.7 Å². The van der Waals surface area contributed by atoms with Gasteiger partial charge in [-0.1, -0.05) is 106 Å². The highest BCUT2D eigenvalue weighted by Crippen LogP contribution is 2.70. The fourth-order valence-electron chi connectivity index (χ4n) is 6.75. The Morgan fingerprint density at radius 3 is 1.23 bits per heavy atom. The number of carbonyl (C=O) groups is 4. The number of thiazole rings is 2. The summed E-state index contributed by atoms with van der Waals surface area (Å²) in [4.78, 5) is 76.8. The minimum absolute atomic E-state index is 0.0331. The largest absolute Gasteiger partial charge is 0.428 e. The second kappa shape index (κ2) is 14.4. The Balaban J connectivity index is 1.10. The molecular weight excluding hydrogens is 881 g/mol. The number of ether oxygens (including phenoxy) is 2. The molecule has 20 heteroatoms. The summed E-state index contributed by atoms with van der Waals surface area (Å²) < 4.78 is 16.2. The topological polar surface area (TPSA) is 151 Å². The van der Waals surface area contributed by atoms with Gasteiger partial charge in [-0.2, -0.15) is 10.0 Å². The number of amides is 4. The van der Waals surface area contributed by atoms with Crippen LogP contribution in [0, 0.1) is 0 Å². The van der Waals surface area contributed by atoms with E-state index in [1.807, 2.05) is 48.5 Å². The van der Waals surface area contributed by atoms with E-state index in [-0.39, 0.29) is 11.1 Å².